The van der Waals surface area contributed by atoms with Crippen LogP contribution in [0.15, 0.2) is 64.5 Å². The van der Waals surface area contributed by atoms with Gasteiger partial charge in [-0.05, 0) is 24.1 Å². The Bertz CT molecular complexity index is 1230. The summed E-state index contributed by atoms with van der Waals surface area (Å²) in [6.07, 6.45) is 1.86. The minimum Gasteiger partial charge on any atom is -0.351 e. The average molecular weight is 422 g/mol. The van der Waals surface area contributed by atoms with Gasteiger partial charge in [-0.3, -0.25) is 18.6 Å². The van der Waals surface area contributed by atoms with E-state index in [1.165, 1.54) is 11.8 Å². The summed E-state index contributed by atoms with van der Waals surface area (Å²) >= 11 is 1.32. The molecule has 154 valence electrons. The van der Waals surface area contributed by atoms with Crippen LogP contribution in [0.4, 0.5) is 0 Å². The number of carbonyl (C=O) groups is 1. The lowest BCUT2D eigenvalue weighted by Gasteiger charge is -2.11. The molecule has 30 heavy (non-hydrogen) atoms. The first-order valence-corrected chi connectivity index (χ1v) is 11.0. The van der Waals surface area contributed by atoms with Gasteiger partial charge >= 0.3 is 0 Å². The lowest BCUT2D eigenvalue weighted by molar-refractivity contribution is -0.118. The fourth-order valence-electron chi connectivity index (χ4n) is 3.32. The molecular formula is C22H23N5O2S. The van der Waals surface area contributed by atoms with Crippen LogP contribution in [-0.4, -0.2) is 30.8 Å². The lowest BCUT2D eigenvalue weighted by atomic mass is 10.2. The Morgan fingerprint density at radius 2 is 1.83 bits per heavy atom. The summed E-state index contributed by atoms with van der Waals surface area (Å²) in [7, 11) is 0. The summed E-state index contributed by atoms with van der Waals surface area (Å²) in [5, 5.41) is 12.7. The van der Waals surface area contributed by atoms with Gasteiger partial charge in [0.15, 0.2) is 5.16 Å². The number of nitrogens with one attached hydrogen (secondary N) is 1. The monoisotopic (exact) mass is 421 g/mol. The number of aromatic nitrogens is 4. The van der Waals surface area contributed by atoms with E-state index in [2.05, 4.69) is 22.4 Å². The maximum absolute atomic E-state index is 13.0. The molecule has 0 aliphatic heterocycles. The molecule has 0 saturated carbocycles. The Hall–Kier alpha value is -3.13. The standard InChI is InChI=1S/C22H23N5O2S/c1-2-3-13-26-20(29)17-11-7-8-12-18(17)27-21(26)24-25-22(27)30-15-19(28)23-14-16-9-5-4-6-10-16/h4-12H,2-3,13-15H2,1H3,(H,23,28). The number of nitrogens with zero attached hydrogens (tertiary/aromatic N) is 4. The highest BCUT2D eigenvalue weighted by atomic mass is 32.2. The number of benzene rings is 2. The number of hydrogen-bond acceptors (Lipinski definition) is 5. The predicted octanol–water partition coefficient (Wildman–Crippen LogP) is 3.25. The van der Waals surface area contributed by atoms with Gasteiger partial charge in [0.2, 0.25) is 11.7 Å². The normalized spacial score (nSPS) is 11.2. The van der Waals surface area contributed by atoms with Crippen LogP contribution in [0.2, 0.25) is 0 Å². The van der Waals surface area contributed by atoms with E-state index in [1.54, 1.807) is 4.57 Å². The maximum atomic E-state index is 13.0. The second-order valence-corrected chi connectivity index (χ2v) is 7.94. The van der Waals surface area contributed by atoms with Crippen molar-refractivity contribution >= 4 is 34.3 Å². The number of carbonyl (C=O) groups excluding carboxylic acids is 1. The van der Waals surface area contributed by atoms with E-state index in [-0.39, 0.29) is 17.2 Å². The van der Waals surface area contributed by atoms with Crippen LogP contribution in [0, 0.1) is 0 Å². The van der Waals surface area contributed by atoms with Gasteiger partial charge in [0, 0.05) is 13.1 Å². The second-order valence-electron chi connectivity index (χ2n) is 7.00. The molecule has 0 aliphatic rings. The summed E-state index contributed by atoms with van der Waals surface area (Å²) in [6, 6.07) is 17.2. The van der Waals surface area contributed by atoms with Crippen molar-refractivity contribution in [3.8, 4) is 0 Å². The molecule has 4 rings (SSSR count). The van der Waals surface area contributed by atoms with Crippen LogP contribution < -0.4 is 10.9 Å². The van der Waals surface area contributed by atoms with E-state index in [1.807, 2.05) is 59.0 Å². The van der Waals surface area contributed by atoms with Crippen molar-refractivity contribution in [2.45, 2.75) is 38.0 Å². The minimum atomic E-state index is -0.0794. The smallest absolute Gasteiger partial charge is 0.262 e. The Balaban J connectivity index is 1.59. The molecule has 2 aromatic carbocycles. The van der Waals surface area contributed by atoms with Crippen molar-refractivity contribution in [1.29, 1.82) is 0 Å². The van der Waals surface area contributed by atoms with E-state index < -0.39 is 0 Å². The van der Waals surface area contributed by atoms with Crippen molar-refractivity contribution in [3.05, 3.63) is 70.5 Å². The molecular weight excluding hydrogens is 398 g/mol. The molecule has 0 atom stereocenters. The summed E-state index contributed by atoms with van der Waals surface area (Å²) < 4.78 is 3.56. The zero-order chi connectivity index (χ0) is 20.9. The highest BCUT2D eigenvalue weighted by molar-refractivity contribution is 7.99. The van der Waals surface area contributed by atoms with Gasteiger partial charge < -0.3 is 5.32 Å². The van der Waals surface area contributed by atoms with E-state index in [0.717, 1.165) is 23.9 Å². The van der Waals surface area contributed by atoms with E-state index in [0.29, 0.717) is 29.4 Å². The first kappa shape index (κ1) is 20.2. The number of unbranched alkanes of at least 4 members (excludes halogenated alkanes) is 1. The van der Waals surface area contributed by atoms with Crippen LogP contribution in [0.3, 0.4) is 0 Å². The molecule has 0 fully saturated rings. The second kappa shape index (κ2) is 9.13. The van der Waals surface area contributed by atoms with Crippen molar-refractivity contribution < 1.29 is 4.79 Å². The number of amides is 1. The Kier molecular flexibility index (Phi) is 6.13. The molecule has 0 bridgehead atoms. The predicted molar refractivity (Wildman–Crippen MR) is 119 cm³/mol. The number of aryl methyl sites for hydroxylation is 1. The SMILES string of the molecule is CCCCn1c(=O)c2ccccc2n2c(SCC(=O)NCc3ccccc3)nnc12. The summed E-state index contributed by atoms with van der Waals surface area (Å²) in [5.41, 5.74) is 1.74. The first-order valence-electron chi connectivity index (χ1n) is 9.99. The minimum absolute atomic E-state index is 0.0592. The lowest BCUT2D eigenvalue weighted by Crippen LogP contribution is -2.25. The Morgan fingerprint density at radius 3 is 2.63 bits per heavy atom. The van der Waals surface area contributed by atoms with E-state index >= 15 is 0 Å². The van der Waals surface area contributed by atoms with Gasteiger partial charge in [0.25, 0.3) is 5.56 Å². The summed E-state index contributed by atoms with van der Waals surface area (Å²) in [4.78, 5) is 25.3. The quantitative estimate of drug-likeness (QED) is 0.442. The van der Waals surface area contributed by atoms with Crippen molar-refractivity contribution in [1.82, 2.24) is 24.5 Å². The van der Waals surface area contributed by atoms with Gasteiger partial charge in [0.1, 0.15) is 0 Å². The zero-order valence-electron chi connectivity index (χ0n) is 16.7. The highest BCUT2D eigenvalue weighted by Crippen LogP contribution is 2.21. The molecule has 4 aromatic rings. The number of thioether (sulfide) groups is 1. The zero-order valence-corrected chi connectivity index (χ0v) is 17.6. The molecule has 0 aliphatic carbocycles. The van der Waals surface area contributed by atoms with Crippen LogP contribution in [0.1, 0.15) is 25.3 Å². The average Bonchev–Trinajstić information content (AvgIpc) is 3.21. The number of fused-ring (bicyclic) bond motifs is 3. The van der Waals surface area contributed by atoms with Crippen LogP contribution in [-0.2, 0) is 17.9 Å². The van der Waals surface area contributed by atoms with Gasteiger partial charge in [-0.1, -0.05) is 67.6 Å². The summed E-state index contributed by atoms with van der Waals surface area (Å²) in [6.45, 7) is 3.16. The van der Waals surface area contributed by atoms with Crippen molar-refractivity contribution in [3.63, 3.8) is 0 Å². The highest BCUT2D eigenvalue weighted by Gasteiger charge is 2.17. The Morgan fingerprint density at radius 1 is 1.07 bits per heavy atom. The molecule has 7 nitrogen and oxygen atoms in total. The van der Waals surface area contributed by atoms with Crippen molar-refractivity contribution in [2.75, 3.05) is 5.75 Å². The van der Waals surface area contributed by atoms with E-state index in [4.69, 9.17) is 0 Å². The molecule has 2 heterocycles. The molecule has 0 saturated heterocycles. The molecule has 0 radical (unpaired) electrons. The first-order chi connectivity index (χ1) is 14.7. The molecule has 0 unspecified atom stereocenters. The number of para-hydroxylation sites is 1. The Labute approximate surface area is 178 Å². The third-order valence-electron chi connectivity index (χ3n) is 4.88. The molecule has 1 N–H and O–H groups in total. The number of hydrogen-bond donors (Lipinski definition) is 1. The van der Waals surface area contributed by atoms with Crippen LogP contribution in [0.25, 0.3) is 16.7 Å². The maximum Gasteiger partial charge on any atom is 0.262 e. The number of rotatable bonds is 8. The van der Waals surface area contributed by atoms with Crippen LogP contribution >= 0.6 is 11.8 Å². The molecule has 8 heteroatoms. The third kappa shape index (κ3) is 4.09. The van der Waals surface area contributed by atoms with Gasteiger partial charge in [-0.25, -0.2) is 0 Å². The molecule has 1 amide bonds. The van der Waals surface area contributed by atoms with Gasteiger partial charge in [-0.2, -0.15) is 0 Å². The van der Waals surface area contributed by atoms with Gasteiger partial charge in [-0.15, -0.1) is 10.2 Å². The van der Waals surface area contributed by atoms with Crippen molar-refractivity contribution in [2.24, 2.45) is 0 Å². The largest absolute Gasteiger partial charge is 0.351 e. The third-order valence-corrected chi connectivity index (χ3v) is 5.81. The molecule has 2 aromatic heterocycles. The van der Waals surface area contributed by atoms with Crippen LogP contribution in [0.5, 0.6) is 0 Å². The summed E-state index contributed by atoms with van der Waals surface area (Å²) in [5.74, 6) is 0.652. The van der Waals surface area contributed by atoms with E-state index in [9.17, 15) is 9.59 Å². The fourth-order valence-corrected chi connectivity index (χ4v) is 4.09. The molecule has 0 spiro atoms. The fraction of sp³-hybridized carbons (Fsp3) is 0.273. The topological polar surface area (TPSA) is 81.3 Å². The van der Waals surface area contributed by atoms with Gasteiger partial charge in [0.05, 0.1) is 16.7 Å².